The molecule has 11 heavy (non-hydrogen) atoms. The number of rotatable bonds is 0. The first kappa shape index (κ1) is 9.78. The maximum atomic E-state index is 2.58. The van der Waals surface area contributed by atoms with Crippen LogP contribution in [0.2, 0.25) is 0 Å². The van der Waals surface area contributed by atoms with Crippen molar-refractivity contribution in [2.24, 2.45) is 5.92 Å². The fourth-order valence-corrected chi connectivity index (χ4v) is 2.18. The lowest BCUT2D eigenvalue weighted by Gasteiger charge is -2.31. The summed E-state index contributed by atoms with van der Waals surface area (Å²) < 4.78 is 0.854. The zero-order valence-corrected chi connectivity index (χ0v) is 10.1. The summed E-state index contributed by atoms with van der Waals surface area (Å²) in [5, 5.41) is 0. The molecule has 1 heterocycles. The molecule has 2 unspecified atom stereocenters. The van der Waals surface area contributed by atoms with E-state index in [0.29, 0.717) is 5.54 Å². The van der Waals surface area contributed by atoms with Gasteiger partial charge in [-0.1, -0.05) is 29.5 Å². The normalized spacial score (nSPS) is 34.6. The van der Waals surface area contributed by atoms with Crippen molar-refractivity contribution in [2.75, 3.05) is 13.1 Å². The lowest BCUT2D eigenvalue weighted by molar-refractivity contribution is 0.170. The zero-order valence-electron chi connectivity index (χ0n) is 7.89. The highest BCUT2D eigenvalue weighted by atomic mass is 127. The number of halogens is 1. The molecule has 0 N–H and O–H groups in total. The van der Waals surface area contributed by atoms with Gasteiger partial charge in [0.2, 0.25) is 0 Å². The molecule has 0 aromatic heterocycles. The molecule has 0 saturated carbocycles. The topological polar surface area (TPSA) is 3.24 Å². The number of nitrogens with zero attached hydrogens (tertiary/aromatic N) is 1. The molecule has 0 spiro atoms. The number of hydrogen-bond acceptors (Lipinski definition) is 1. The third-order valence-corrected chi connectivity index (χ3v) is 4.09. The van der Waals surface area contributed by atoms with Gasteiger partial charge in [0.15, 0.2) is 0 Å². The van der Waals surface area contributed by atoms with E-state index in [2.05, 4.69) is 55.2 Å². The van der Waals surface area contributed by atoms with E-state index in [-0.39, 0.29) is 0 Å². The maximum Gasteiger partial charge on any atom is 0.0275 e. The summed E-state index contributed by atoms with van der Waals surface area (Å²) in [4.78, 5) is 2.58. The zero-order chi connectivity index (χ0) is 8.65. The van der Waals surface area contributed by atoms with Crippen LogP contribution in [-0.4, -0.2) is 27.5 Å². The SMILES string of the molecule is CC1CN(C(C)(C)C)CC1I. The van der Waals surface area contributed by atoms with Gasteiger partial charge in [-0.2, -0.15) is 0 Å². The van der Waals surface area contributed by atoms with E-state index in [1.165, 1.54) is 13.1 Å². The quantitative estimate of drug-likeness (QED) is 0.481. The molecule has 1 rings (SSSR count). The van der Waals surface area contributed by atoms with Crippen molar-refractivity contribution in [3.8, 4) is 0 Å². The molecule has 2 heteroatoms. The van der Waals surface area contributed by atoms with Crippen molar-refractivity contribution in [1.82, 2.24) is 4.90 Å². The third kappa shape index (κ3) is 2.31. The van der Waals surface area contributed by atoms with Crippen molar-refractivity contribution >= 4 is 22.6 Å². The van der Waals surface area contributed by atoms with E-state index >= 15 is 0 Å². The summed E-state index contributed by atoms with van der Waals surface area (Å²) in [6.07, 6.45) is 0. The minimum Gasteiger partial charge on any atom is -0.297 e. The van der Waals surface area contributed by atoms with Crippen LogP contribution in [0.1, 0.15) is 27.7 Å². The summed E-state index contributed by atoms with van der Waals surface area (Å²) in [6, 6.07) is 0. The number of likely N-dealkylation sites (tertiary alicyclic amines) is 1. The molecule has 0 bridgehead atoms. The van der Waals surface area contributed by atoms with Gasteiger partial charge in [0.1, 0.15) is 0 Å². The van der Waals surface area contributed by atoms with Crippen molar-refractivity contribution in [3.05, 3.63) is 0 Å². The second-order valence-electron chi connectivity index (χ2n) is 4.57. The van der Waals surface area contributed by atoms with E-state index in [1.807, 2.05) is 0 Å². The molecule has 1 nitrogen and oxygen atoms in total. The molecule has 0 amide bonds. The Balaban J connectivity index is 2.54. The second-order valence-corrected chi connectivity index (χ2v) is 6.17. The molecule has 1 fully saturated rings. The molecule has 0 aliphatic carbocycles. The predicted octanol–water partition coefficient (Wildman–Crippen LogP) is 2.54. The molecular formula is C9H18IN. The molecule has 0 aromatic carbocycles. The lowest BCUT2D eigenvalue weighted by atomic mass is 10.1. The highest BCUT2D eigenvalue weighted by Gasteiger charge is 2.33. The summed E-state index contributed by atoms with van der Waals surface area (Å²) in [5.41, 5.74) is 0.369. The third-order valence-electron chi connectivity index (χ3n) is 2.47. The van der Waals surface area contributed by atoms with Crippen LogP contribution in [-0.2, 0) is 0 Å². The van der Waals surface area contributed by atoms with Crippen molar-refractivity contribution in [1.29, 1.82) is 0 Å². The Labute approximate surface area is 83.7 Å². The van der Waals surface area contributed by atoms with E-state index < -0.39 is 0 Å². The van der Waals surface area contributed by atoms with E-state index in [4.69, 9.17) is 0 Å². The first-order valence-corrected chi connectivity index (χ1v) is 5.55. The van der Waals surface area contributed by atoms with Gasteiger partial charge in [0, 0.05) is 22.6 Å². The first-order chi connectivity index (χ1) is 4.91. The monoisotopic (exact) mass is 267 g/mol. The molecule has 2 atom stereocenters. The number of alkyl halides is 1. The van der Waals surface area contributed by atoms with Gasteiger partial charge < -0.3 is 0 Å². The summed E-state index contributed by atoms with van der Waals surface area (Å²) in [6.45, 7) is 11.8. The highest BCUT2D eigenvalue weighted by molar-refractivity contribution is 14.1. The standard InChI is InChI=1S/C9H18IN/c1-7-5-11(6-8(7)10)9(2,3)4/h7-8H,5-6H2,1-4H3. The minimum atomic E-state index is 0.369. The van der Waals surface area contributed by atoms with Crippen LogP contribution in [0.25, 0.3) is 0 Å². The van der Waals surface area contributed by atoms with Gasteiger partial charge in [0.25, 0.3) is 0 Å². The fourth-order valence-electron chi connectivity index (χ4n) is 1.47. The van der Waals surface area contributed by atoms with Crippen LogP contribution in [0.3, 0.4) is 0 Å². The van der Waals surface area contributed by atoms with Gasteiger partial charge >= 0.3 is 0 Å². The minimum absolute atomic E-state index is 0.369. The van der Waals surface area contributed by atoms with Crippen molar-refractivity contribution < 1.29 is 0 Å². The second kappa shape index (κ2) is 3.21. The Kier molecular flexibility index (Phi) is 2.85. The first-order valence-electron chi connectivity index (χ1n) is 4.30. The van der Waals surface area contributed by atoms with Gasteiger partial charge in [-0.05, 0) is 26.7 Å². The smallest absolute Gasteiger partial charge is 0.0275 e. The molecular weight excluding hydrogens is 249 g/mol. The lowest BCUT2D eigenvalue weighted by Crippen LogP contribution is -2.39. The van der Waals surface area contributed by atoms with Crippen LogP contribution in [0.5, 0.6) is 0 Å². The largest absolute Gasteiger partial charge is 0.297 e. The highest BCUT2D eigenvalue weighted by Crippen LogP contribution is 2.28. The average Bonchev–Trinajstić information content (AvgIpc) is 2.11. The van der Waals surface area contributed by atoms with E-state index in [9.17, 15) is 0 Å². The molecule has 1 aliphatic rings. The average molecular weight is 267 g/mol. The van der Waals surface area contributed by atoms with E-state index in [1.54, 1.807) is 0 Å². The Bertz CT molecular complexity index is 129. The Morgan fingerprint density at radius 2 is 1.82 bits per heavy atom. The van der Waals surface area contributed by atoms with Crippen molar-refractivity contribution in [3.63, 3.8) is 0 Å². The summed E-state index contributed by atoms with van der Waals surface area (Å²) in [5.74, 6) is 0.870. The number of hydrogen-bond donors (Lipinski definition) is 0. The Hall–Kier alpha value is 0.690. The van der Waals surface area contributed by atoms with Crippen LogP contribution in [0.15, 0.2) is 0 Å². The van der Waals surface area contributed by atoms with Gasteiger partial charge in [-0.15, -0.1) is 0 Å². The molecule has 0 aromatic rings. The van der Waals surface area contributed by atoms with Gasteiger partial charge in [-0.25, -0.2) is 0 Å². The summed E-state index contributed by atoms with van der Waals surface area (Å²) >= 11 is 2.57. The molecule has 66 valence electrons. The maximum absolute atomic E-state index is 2.58. The molecule has 1 aliphatic heterocycles. The summed E-state index contributed by atoms with van der Waals surface area (Å²) in [7, 11) is 0. The van der Waals surface area contributed by atoms with Crippen molar-refractivity contribution in [2.45, 2.75) is 37.2 Å². The van der Waals surface area contributed by atoms with Crippen LogP contribution >= 0.6 is 22.6 Å². The van der Waals surface area contributed by atoms with E-state index in [0.717, 1.165) is 9.84 Å². The van der Waals surface area contributed by atoms with Gasteiger partial charge in [0.05, 0.1) is 0 Å². The Morgan fingerprint density at radius 3 is 2.00 bits per heavy atom. The molecule has 0 radical (unpaired) electrons. The Morgan fingerprint density at radius 1 is 1.27 bits per heavy atom. The van der Waals surface area contributed by atoms with Crippen LogP contribution < -0.4 is 0 Å². The van der Waals surface area contributed by atoms with Crippen LogP contribution in [0, 0.1) is 5.92 Å². The molecule has 1 saturated heterocycles. The fraction of sp³-hybridized carbons (Fsp3) is 1.00. The van der Waals surface area contributed by atoms with Gasteiger partial charge in [-0.3, -0.25) is 4.90 Å². The van der Waals surface area contributed by atoms with Crippen LogP contribution in [0.4, 0.5) is 0 Å². The predicted molar refractivity (Wildman–Crippen MR) is 58.3 cm³/mol.